The van der Waals surface area contributed by atoms with Crippen LogP contribution in [0.2, 0.25) is 0 Å². The lowest BCUT2D eigenvalue weighted by atomic mass is 10.1. The standard InChI is InChI=1S/C33H31N2O3P/c36-32(27-18-8-2-9-19-27)34-30(33(37)35-24-14-5-15-25-35)31(26-16-6-1-7-17-26)39(38,28-20-10-3-11-21-28)29-22-12-4-13-23-29/h1-4,6-13,16-23H,5,14-15,24-25H2,(H,34,36)/b31-30-. The number of rotatable bonds is 7. The van der Waals surface area contributed by atoms with E-state index in [9.17, 15) is 9.59 Å². The van der Waals surface area contributed by atoms with E-state index in [1.54, 1.807) is 29.2 Å². The molecule has 4 aromatic rings. The number of nitrogens with one attached hydrogen (secondary N) is 1. The molecule has 0 bridgehead atoms. The van der Waals surface area contributed by atoms with E-state index in [1.807, 2.05) is 97.1 Å². The van der Waals surface area contributed by atoms with Crippen LogP contribution in [0.5, 0.6) is 0 Å². The molecule has 0 atom stereocenters. The maximum Gasteiger partial charge on any atom is 0.271 e. The van der Waals surface area contributed by atoms with Gasteiger partial charge in [-0.25, -0.2) is 0 Å². The Kier molecular flexibility index (Phi) is 8.19. The second-order valence-electron chi connectivity index (χ2n) is 9.54. The lowest BCUT2D eigenvalue weighted by Gasteiger charge is -2.31. The predicted octanol–water partition coefficient (Wildman–Crippen LogP) is 5.81. The van der Waals surface area contributed by atoms with Crippen molar-refractivity contribution in [1.29, 1.82) is 0 Å². The number of carbonyl (C=O) groups is 2. The van der Waals surface area contributed by atoms with Crippen molar-refractivity contribution in [2.45, 2.75) is 19.3 Å². The van der Waals surface area contributed by atoms with Crippen LogP contribution in [0.1, 0.15) is 35.2 Å². The third-order valence-electron chi connectivity index (χ3n) is 6.97. The van der Waals surface area contributed by atoms with Crippen LogP contribution >= 0.6 is 7.14 Å². The smallest absolute Gasteiger partial charge is 0.271 e. The maximum atomic E-state index is 15.7. The van der Waals surface area contributed by atoms with Gasteiger partial charge in [0.15, 0.2) is 7.14 Å². The minimum atomic E-state index is -3.65. The SMILES string of the molecule is O=C(N/C(C(=O)N1CCCCC1)=C(/c1ccccc1)P(=O)(c1ccccc1)c1ccccc1)c1ccccc1. The molecule has 6 heteroatoms. The van der Waals surface area contributed by atoms with E-state index in [2.05, 4.69) is 5.32 Å². The number of likely N-dealkylation sites (tertiary alicyclic amines) is 1. The van der Waals surface area contributed by atoms with Gasteiger partial charge in [-0.05, 0) is 37.0 Å². The van der Waals surface area contributed by atoms with E-state index in [1.165, 1.54) is 0 Å². The van der Waals surface area contributed by atoms with Crippen molar-refractivity contribution in [3.05, 3.63) is 138 Å². The molecule has 5 rings (SSSR count). The summed E-state index contributed by atoms with van der Waals surface area (Å²) in [7, 11) is -3.65. The average molecular weight is 535 g/mol. The average Bonchev–Trinajstić information content (AvgIpc) is 3.02. The first-order valence-electron chi connectivity index (χ1n) is 13.3. The van der Waals surface area contributed by atoms with Crippen molar-refractivity contribution >= 4 is 34.9 Å². The van der Waals surface area contributed by atoms with E-state index in [4.69, 9.17) is 0 Å². The Morgan fingerprint density at radius 2 is 1.03 bits per heavy atom. The summed E-state index contributed by atoms with van der Waals surface area (Å²) in [5.74, 6) is -0.734. The minimum absolute atomic E-state index is 0.0630. The Bertz CT molecular complexity index is 1450. The molecule has 0 aromatic heterocycles. The van der Waals surface area contributed by atoms with Gasteiger partial charge in [0.05, 0.1) is 5.31 Å². The number of benzene rings is 4. The number of carbonyl (C=O) groups excluding carboxylic acids is 2. The molecule has 196 valence electrons. The first-order valence-corrected chi connectivity index (χ1v) is 15.0. The molecule has 1 fully saturated rings. The van der Waals surface area contributed by atoms with Gasteiger partial charge >= 0.3 is 0 Å². The van der Waals surface area contributed by atoms with Gasteiger partial charge in [0, 0.05) is 29.3 Å². The fourth-order valence-electron chi connectivity index (χ4n) is 5.01. The van der Waals surface area contributed by atoms with Gasteiger partial charge in [-0.15, -0.1) is 0 Å². The van der Waals surface area contributed by atoms with Gasteiger partial charge in [-0.3, -0.25) is 9.59 Å². The van der Waals surface area contributed by atoms with Crippen LogP contribution in [0, 0.1) is 0 Å². The van der Waals surface area contributed by atoms with Crippen molar-refractivity contribution in [3.8, 4) is 0 Å². The number of hydrogen-bond acceptors (Lipinski definition) is 3. The lowest BCUT2D eigenvalue weighted by Crippen LogP contribution is -2.42. The fraction of sp³-hybridized carbons (Fsp3) is 0.152. The summed E-state index contributed by atoms with van der Waals surface area (Å²) >= 11 is 0. The summed E-state index contributed by atoms with van der Waals surface area (Å²) in [5.41, 5.74) is 1.11. The third kappa shape index (κ3) is 5.64. The van der Waals surface area contributed by atoms with Crippen LogP contribution < -0.4 is 15.9 Å². The topological polar surface area (TPSA) is 66.5 Å². The Hall–Kier alpha value is -4.21. The van der Waals surface area contributed by atoms with Crippen molar-refractivity contribution in [3.63, 3.8) is 0 Å². The quantitative estimate of drug-likeness (QED) is 0.240. The molecule has 4 aromatic carbocycles. The van der Waals surface area contributed by atoms with Gasteiger partial charge in [0.1, 0.15) is 5.70 Å². The van der Waals surface area contributed by atoms with Gasteiger partial charge in [-0.2, -0.15) is 0 Å². The molecule has 1 N–H and O–H groups in total. The fourth-order valence-corrected chi connectivity index (χ4v) is 7.98. The van der Waals surface area contributed by atoms with Crippen molar-refractivity contribution in [2.75, 3.05) is 13.1 Å². The molecule has 39 heavy (non-hydrogen) atoms. The molecule has 1 aliphatic rings. The number of amides is 2. The summed E-state index contributed by atoms with van der Waals surface area (Å²) in [6.07, 6.45) is 2.83. The highest BCUT2D eigenvalue weighted by atomic mass is 31.2. The predicted molar refractivity (Wildman–Crippen MR) is 157 cm³/mol. The summed E-state index contributed by atoms with van der Waals surface area (Å²) in [6.45, 7) is 1.18. The van der Waals surface area contributed by atoms with Crippen LogP contribution in [-0.4, -0.2) is 29.8 Å². The van der Waals surface area contributed by atoms with E-state index >= 15 is 4.57 Å². The van der Waals surface area contributed by atoms with Gasteiger partial charge < -0.3 is 14.8 Å². The van der Waals surface area contributed by atoms with Crippen LogP contribution in [0.3, 0.4) is 0 Å². The zero-order valence-electron chi connectivity index (χ0n) is 21.7. The largest absolute Gasteiger partial charge is 0.337 e. The van der Waals surface area contributed by atoms with Gasteiger partial charge in [-0.1, -0.05) is 109 Å². The molecule has 0 unspecified atom stereocenters. The number of hydrogen-bond donors (Lipinski definition) is 1. The molecule has 1 heterocycles. The molecule has 0 saturated carbocycles. The zero-order chi connectivity index (χ0) is 27.1. The van der Waals surface area contributed by atoms with E-state index in [0.29, 0.717) is 40.1 Å². The van der Waals surface area contributed by atoms with Crippen LogP contribution in [0.25, 0.3) is 5.31 Å². The first-order chi connectivity index (χ1) is 19.1. The minimum Gasteiger partial charge on any atom is -0.337 e. The second kappa shape index (κ2) is 12.1. The molecule has 2 amide bonds. The maximum absolute atomic E-state index is 15.7. The van der Waals surface area contributed by atoms with Crippen LogP contribution in [0.15, 0.2) is 127 Å². The van der Waals surface area contributed by atoms with E-state index < -0.39 is 13.0 Å². The molecule has 0 spiro atoms. The molecule has 1 aliphatic heterocycles. The third-order valence-corrected chi connectivity index (χ3v) is 10.1. The highest BCUT2D eigenvalue weighted by Gasteiger charge is 2.39. The highest BCUT2D eigenvalue weighted by molar-refractivity contribution is 7.87. The monoisotopic (exact) mass is 534 g/mol. The summed E-state index contributed by atoms with van der Waals surface area (Å²) in [6, 6.07) is 36.6. The molecule has 1 saturated heterocycles. The Labute approximate surface area is 229 Å². The molecule has 5 nitrogen and oxygen atoms in total. The molecule has 0 radical (unpaired) electrons. The summed E-state index contributed by atoms with van der Waals surface area (Å²) in [4.78, 5) is 29.7. The zero-order valence-corrected chi connectivity index (χ0v) is 22.6. The molecular weight excluding hydrogens is 503 g/mol. The van der Waals surface area contributed by atoms with E-state index in [0.717, 1.165) is 19.3 Å². The summed E-state index contributed by atoms with van der Waals surface area (Å²) < 4.78 is 15.7. The van der Waals surface area contributed by atoms with Gasteiger partial charge in [0.2, 0.25) is 0 Å². The van der Waals surface area contributed by atoms with Crippen molar-refractivity contribution in [1.82, 2.24) is 10.2 Å². The molecule has 0 aliphatic carbocycles. The van der Waals surface area contributed by atoms with Crippen molar-refractivity contribution < 1.29 is 14.2 Å². The molecular formula is C33H31N2O3P. The second-order valence-corrected chi connectivity index (χ2v) is 12.2. The first kappa shape index (κ1) is 26.4. The van der Waals surface area contributed by atoms with Gasteiger partial charge in [0.25, 0.3) is 11.8 Å². The Morgan fingerprint density at radius 1 is 0.590 bits per heavy atom. The Morgan fingerprint density at radius 3 is 1.51 bits per heavy atom. The number of piperidine rings is 1. The van der Waals surface area contributed by atoms with E-state index in [-0.39, 0.29) is 11.6 Å². The summed E-state index contributed by atoms with van der Waals surface area (Å²) in [5, 5.41) is 4.47. The normalized spacial score (nSPS) is 14.3. The van der Waals surface area contributed by atoms with Crippen LogP contribution in [-0.2, 0) is 9.36 Å². The van der Waals surface area contributed by atoms with Crippen LogP contribution in [0.4, 0.5) is 0 Å². The highest BCUT2D eigenvalue weighted by Crippen LogP contribution is 2.58. The Balaban J connectivity index is 1.82. The van der Waals surface area contributed by atoms with Crippen molar-refractivity contribution in [2.24, 2.45) is 0 Å². The lowest BCUT2D eigenvalue weighted by molar-refractivity contribution is -0.128. The number of nitrogens with zero attached hydrogens (tertiary/aromatic N) is 1.